The van der Waals surface area contributed by atoms with Crippen molar-refractivity contribution in [3.8, 4) is 0 Å². The molecule has 0 radical (unpaired) electrons. The van der Waals surface area contributed by atoms with Gasteiger partial charge in [0.15, 0.2) is 5.82 Å². The van der Waals surface area contributed by atoms with Gasteiger partial charge in [-0.15, -0.1) is 0 Å². The summed E-state index contributed by atoms with van der Waals surface area (Å²) in [6.07, 6.45) is -0.357. The Balaban J connectivity index is 0.00000324. The summed E-state index contributed by atoms with van der Waals surface area (Å²) in [5, 5.41) is 29.9. The van der Waals surface area contributed by atoms with Crippen molar-refractivity contribution >= 4 is 47.4 Å². The molecular formula is C20H21N7Na2O7. The number of nitrogens with two attached hydrogens (primary N) is 1. The van der Waals surface area contributed by atoms with Crippen LogP contribution in [0.25, 0.3) is 0 Å². The molecule has 0 saturated heterocycles. The summed E-state index contributed by atoms with van der Waals surface area (Å²) in [5.74, 6) is -3.54. The molecule has 0 aliphatic carbocycles. The zero-order valence-electron chi connectivity index (χ0n) is 19.7. The Kier molecular flexibility index (Phi) is 12.4. The number of nitrogens with one attached hydrogen (secondary N) is 4. The average molecular weight is 517 g/mol. The molecule has 2 heterocycles. The fourth-order valence-electron chi connectivity index (χ4n) is 3.34. The van der Waals surface area contributed by atoms with E-state index in [1.807, 2.05) is 0 Å². The Bertz CT molecular complexity index is 1160. The Morgan fingerprint density at radius 1 is 1.22 bits per heavy atom. The second kappa shape index (κ2) is 14.2. The van der Waals surface area contributed by atoms with Gasteiger partial charge in [-0.1, -0.05) is 0 Å². The molecule has 1 aliphatic heterocycles. The summed E-state index contributed by atoms with van der Waals surface area (Å²) in [7, 11) is 0. The van der Waals surface area contributed by atoms with Gasteiger partial charge in [-0.2, -0.15) is 4.98 Å². The topological polar surface area (TPSA) is 225 Å². The molecule has 0 bridgehead atoms. The Hall–Kier alpha value is -2.62. The first kappa shape index (κ1) is 31.4. The summed E-state index contributed by atoms with van der Waals surface area (Å²) in [6, 6.07) is 3.88. The number of aliphatic carboxylic acids is 2. The number of hydrogen-bond donors (Lipinski definition) is 5. The van der Waals surface area contributed by atoms with Crippen molar-refractivity contribution in [2.24, 2.45) is 0 Å². The van der Waals surface area contributed by atoms with Crippen molar-refractivity contribution in [1.82, 2.24) is 15.3 Å². The predicted molar refractivity (Wildman–Crippen MR) is 116 cm³/mol. The largest absolute Gasteiger partial charge is 1.00 e. The van der Waals surface area contributed by atoms with E-state index in [4.69, 9.17) is 5.73 Å². The minimum atomic E-state index is -1.62. The maximum Gasteiger partial charge on any atom is 1.00 e. The number of aromatic amines is 1. The summed E-state index contributed by atoms with van der Waals surface area (Å²) in [6.45, 7) is 0.519. The molecule has 36 heavy (non-hydrogen) atoms. The molecule has 2 amide bonds. The van der Waals surface area contributed by atoms with E-state index in [9.17, 15) is 34.2 Å². The second-order valence-corrected chi connectivity index (χ2v) is 7.46. The van der Waals surface area contributed by atoms with E-state index in [0.717, 1.165) is 0 Å². The van der Waals surface area contributed by atoms with Crippen molar-refractivity contribution in [3.05, 3.63) is 40.2 Å². The second-order valence-electron chi connectivity index (χ2n) is 7.46. The number of nitrogen functional groups attached to an aromatic ring is 1. The number of carboxylic acids is 2. The van der Waals surface area contributed by atoms with Gasteiger partial charge in [0.05, 0.1) is 18.1 Å². The minimum absolute atomic E-state index is 0. The molecule has 1 aliphatic rings. The Morgan fingerprint density at radius 3 is 2.47 bits per heavy atom. The molecule has 180 valence electrons. The Labute approximate surface area is 249 Å². The fourth-order valence-corrected chi connectivity index (χ4v) is 3.34. The molecule has 6 N–H and O–H groups in total. The van der Waals surface area contributed by atoms with Gasteiger partial charge in [0.25, 0.3) is 11.5 Å². The van der Waals surface area contributed by atoms with Crippen molar-refractivity contribution in [2.75, 3.05) is 34.4 Å². The number of carbonyl (C=O) groups excluding carboxylic acids is 4. The van der Waals surface area contributed by atoms with Gasteiger partial charge in [-0.05, 0) is 37.1 Å². The van der Waals surface area contributed by atoms with E-state index in [0.29, 0.717) is 24.5 Å². The van der Waals surface area contributed by atoms with Gasteiger partial charge in [0, 0.05) is 30.3 Å². The molecule has 3 rings (SSSR count). The van der Waals surface area contributed by atoms with Gasteiger partial charge in [-0.25, -0.2) is 0 Å². The van der Waals surface area contributed by atoms with E-state index in [1.165, 1.54) is 29.2 Å². The predicted octanol–water partition coefficient (Wildman–Crippen LogP) is -9.39. The summed E-state index contributed by atoms with van der Waals surface area (Å²) < 4.78 is 0. The van der Waals surface area contributed by atoms with E-state index in [1.54, 1.807) is 0 Å². The molecule has 0 saturated carbocycles. The zero-order chi connectivity index (χ0) is 24.8. The van der Waals surface area contributed by atoms with Crippen LogP contribution in [0, 0.1) is 0 Å². The molecule has 2 aromatic rings. The normalized spacial score (nSPS) is 14.3. The number of carbonyl (C=O) groups is 4. The number of nitrogens with zero attached hydrogens (tertiary/aromatic N) is 2. The molecule has 1 aromatic heterocycles. The molecule has 14 nitrogen and oxygen atoms in total. The van der Waals surface area contributed by atoms with Crippen LogP contribution in [0.4, 0.5) is 23.1 Å². The average Bonchev–Trinajstić information content (AvgIpc) is 2.80. The van der Waals surface area contributed by atoms with Crippen LogP contribution in [0.2, 0.25) is 0 Å². The SMILES string of the molecule is Nc1nc2c(c(=O)[nH]1)NC(CN(C=O)c1ccc(C(=O)NC(CCC(=O)[O-])C(=O)[O-])cc1)CN2.[Na+].[Na+]. The van der Waals surface area contributed by atoms with E-state index in [-0.39, 0.29) is 95.3 Å². The smallest absolute Gasteiger partial charge is 0.550 e. The number of fused-ring (bicyclic) bond motifs is 1. The van der Waals surface area contributed by atoms with Crippen molar-refractivity contribution in [3.63, 3.8) is 0 Å². The van der Waals surface area contributed by atoms with Crippen LogP contribution in [-0.2, 0) is 14.4 Å². The van der Waals surface area contributed by atoms with Crippen molar-refractivity contribution in [1.29, 1.82) is 0 Å². The molecule has 0 fully saturated rings. The number of carboxylic acid groups (broad SMARTS) is 2. The van der Waals surface area contributed by atoms with Gasteiger partial charge in [0.1, 0.15) is 5.69 Å². The number of aromatic nitrogens is 2. The molecular weight excluding hydrogens is 496 g/mol. The third-order valence-corrected chi connectivity index (χ3v) is 5.03. The number of anilines is 4. The van der Waals surface area contributed by atoms with E-state index in [2.05, 4.69) is 25.9 Å². The van der Waals surface area contributed by atoms with Crippen LogP contribution in [-0.4, -0.2) is 59.4 Å². The van der Waals surface area contributed by atoms with E-state index < -0.39 is 35.9 Å². The fraction of sp³-hybridized carbons (Fsp3) is 0.300. The first-order valence-corrected chi connectivity index (χ1v) is 10.1. The van der Waals surface area contributed by atoms with Crippen LogP contribution >= 0.6 is 0 Å². The van der Waals surface area contributed by atoms with Crippen LogP contribution in [0.1, 0.15) is 23.2 Å². The number of hydrogen-bond acceptors (Lipinski definition) is 11. The van der Waals surface area contributed by atoms with Gasteiger partial charge < -0.3 is 46.4 Å². The number of rotatable bonds is 10. The molecule has 16 heteroatoms. The maximum absolute atomic E-state index is 12.3. The van der Waals surface area contributed by atoms with Crippen LogP contribution in [0.3, 0.4) is 0 Å². The van der Waals surface area contributed by atoms with Gasteiger partial charge in [0.2, 0.25) is 12.4 Å². The summed E-state index contributed by atoms with van der Waals surface area (Å²) in [4.78, 5) is 65.5. The van der Waals surface area contributed by atoms with Crippen LogP contribution < -0.4 is 101 Å². The van der Waals surface area contributed by atoms with Crippen molar-refractivity contribution in [2.45, 2.75) is 24.9 Å². The third kappa shape index (κ3) is 8.21. The maximum atomic E-state index is 12.3. The monoisotopic (exact) mass is 517 g/mol. The third-order valence-electron chi connectivity index (χ3n) is 5.03. The van der Waals surface area contributed by atoms with Gasteiger partial charge >= 0.3 is 59.1 Å². The summed E-state index contributed by atoms with van der Waals surface area (Å²) >= 11 is 0. The minimum Gasteiger partial charge on any atom is -0.550 e. The number of amides is 2. The molecule has 1 aromatic carbocycles. The molecule has 2 atom stereocenters. The molecule has 2 unspecified atom stereocenters. The Morgan fingerprint density at radius 2 is 1.89 bits per heavy atom. The number of benzene rings is 1. The van der Waals surface area contributed by atoms with Crippen LogP contribution in [0.15, 0.2) is 29.1 Å². The zero-order valence-corrected chi connectivity index (χ0v) is 23.7. The summed E-state index contributed by atoms with van der Waals surface area (Å²) in [5.41, 5.74) is 5.80. The van der Waals surface area contributed by atoms with E-state index >= 15 is 0 Å². The quantitative estimate of drug-likeness (QED) is 0.147. The first-order chi connectivity index (χ1) is 16.2. The first-order valence-electron chi connectivity index (χ1n) is 10.1. The van der Waals surface area contributed by atoms with Gasteiger partial charge in [-0.3, -0.25) is 19.4 Å². The van der Waals surface area contributed by atoms with Crippen molar-refractivity contribution < 1.29 is 88.5 Å². The molecule has 0 spiro atoms. The standard InChI is InChI=1S/C20H23N7O7.2Na/c21-20-25-16-15(18(32)26-20)23-11(7-22-16)8-27(9-28)12-3-1-10(2-4-12)17(31)24-13(19(33)34)5-6-14(29)30;;/h1-4,9,11,13,23H,5-8H2,(H,24,31)(H,29,30)(H,33,34)(H4,21,22,25,26,32);;/q;2*+1/p-2. The van der Waals surface area contributed by atoms with Crippen LogP contribution in [0.5, 0.6) is 0 Å². The number of H-pyrrole nitrogens is 1.